The second-order valence-electron chi connectivity index (χ2n) is 21.4. The Morgan fingerprint density at radius 1 is 0.829 bits per heavy atom. The first-order chi connectivity index (χ1) is 39.6. The standard InChI is InChI=1S/C57H75N15O8S2/c1-7-59-53(76)51-66-65-50(43-32-42(37(2)3)44(73)33-45(43)74)72(51)40-12-10-38(11-13-40)36-69-23-21-67(22-24-69)18-8-16-57(4,5)82-81-31-30-80-56(77)70-27-25-68(26-28-70)19-9-29-79-46-15-14-41-47(48(46)78-6)63-55(71-20-17-60-49(41)71)64-52(75)39-34-61-54(58)62-35-39/h10-15,32-35,37,73-74H,7-9,16-31,36H2,1-6H3,(H,59,76)(H2,58,61,62)(H,63,64,75). The molecule has 9 rings (SSSR count). The van der Waals surface area contributed by atoms with Crippen LogP contribution in [-0.4, -0.2) is 205 Å². The molecule has 0 atom stereocenters. The lowest BCUT2D eigenvalue weighted by molar-refractivity contribution is 0.0787. The second kappa shape index (κ2) is 27.3. The van der Waals surface area contributed by atoms with E-state index in [9.17, 15) is 24.6 Å². The lowest BCUT2D eigenvalue weighted by Crippen LogP contribution is -2.49. The molecule has 5 aromatic rings. The molecule has 82 heavy (non-hydrogen) atoms. The molecule has 23 nitrogen and oxygen atoms in total. The minimum absolute atomic E-state index is 0.00251. The van der Waals surface area contributed by atoms with E-state index in [0.717, 1.165) is 95.0 Å². The number of amidine groups is 1. The number of ether oxygens (including phenoxy) is 3. The largest absolute Gasteiger partial charge is 0.508 e. The van der Waals surface area contributed by atoms with Gasteiger partial charge in [-0.2, -0.15) is 0 Å². The highest BCUT2D eigenvalue weighted by Crippen LogP contribution is 2.44. The maximum Gasteiger partial charge on any atom is 0.409 e. The van der Waals surface area contributed by atoms with Crippen molar-refractivity contribution in [1.29, 1.82) is 0 Å². The Kier molecular flexibility index (Phi) is 19.8. The van der Waals surface area contributed by atoms with E-state index in [1.54, 1.807) is 33.4 Å². The molecule has 2 fully saturated rings. The molecule has 3 amide bonds. The number of fused-ring (bicyclic) bond motifs is 3. The number of nitrogens with zero attached hydrogens (tertiary/aromatic N) is 12. The summed E-state index contributed by atoms with van der Waals surface area (Å²) in [6.45, 7) is 22.0. The number of aromatic hydroxyl groups is 2. The Morgan fingerprint density at radius 3 is 2.24 bits per heavy atom. The van der Waals surface area contributed by atoms with Gasteiger partial charge in [0.15, 0.2) is 17.3 Å². The molecular formula is C57H75N15O8S2. The van der Waals surface area contributed by atoms with Gasteiger partial charge in [-0.3, -0.25) is 39.2 Å². The molecule has 0 saturated carbocycles. The molecule has 0 unspecified atom stereocenters. The van der Waals surface area contributed by atoms with Crippen LogP contribution < -0.4 is 25.8 Å². The number of amides is 3. The van der Waals surface area contributed by atoms with Gasteiger partial charge in [-0.1, -0.05) is 47.6 Å². The summed E-state index contributed by atoms with van der Waals surface area (Å²) in [6.07, 6.45) is 5.41. The van der Waals surface area contributed by atoms with E-state index in [1.165, 1.54) is 18.5 Å². The lowest BCUT2D eigenvalue weighted by atomic mass is 9.98. The van der Waals surface area contributed by atoms with Crippen LogP contribution in [0.15, 0.2) is 70.9 Å². The normalized spacial score (nSPS) is 15.9. The highest BCUT2D eigenvalue weighted by Gasteiger charge is 2.34. The number of hydrogen-bond acceptors (Lipinski definition) is 21. The summed E-state index contributed by atoms with van der Waals surface area (Å²) in [7, 11) is 5.19. The van der Waals surface area contributed by atoms with Gasteiger partial charge in [0.2, 0.25) is 17.7 Å². The molecule has 438 valence electrons. The highest BCUT2D eigenvalue weighted by molar-refractivity contribution is 8.77. The summed E-state index contributed by atoms with van der Waals surface area (Å²) < 4.78 is 19.5. The molecule has 4 aliphatic heterocycles. The zero-order valence-electron chi connectivity index (χ0n) is 47.6. The van der Waals surface area contributed by atoms with E-state index >= 15 is 0 Å². The van der Waals surface area contributed by atoms with Crippen LogP contribution >= 0.6 is 21.6 Å². The minimum Gasteiger partial charge on any atom is -0.508 e. The Morgan fingerprint density at radius 2 is 1.54 bits per heavy atom. The monoisotopic (exact) mass is 1160 g/mol. The Bertz CT molecular complexity index is 3110. The zero-order chi connectivity index (χ0) is 57.9. The molecule has 0 spiro atoms. The molecule has 6 heterocycles. The van der Waals surface area contributed by atoms with Crippen LogP contribution in [0.3, 0.4) is 0 Å². The SMILES string of the molecule is CCNC(=O)c1nnc(-c2cc(C(C)C)c(O)cc2O)n1-c1ccc(CN2CCN(CCCC(C)(C)SSCCOC(=O)N3CCN(CCCOc4ccc5c(c4OC)N=C(NC(=O)c4cnc(N)nc4)N4CCN=C54)CC3)CC2)cc1. The maximum absolute atomic E-state index is 13.1. The number of nitrogen functional groups attached to an aromatic ring is 1. The topological polar surface area (TPSA) is 267 Å². The Balaban J connectivity index is 0.639. The smallest absolute Gasteiger partial charge is 0.409 e. The van der Waals surface area contributed by atoms with E-state index in [0.29, 0.717) is 97.6 Å². The first-order valence-electron chi connectivity index (χ1n) is 28.0. The number of aliphatic imine (C=N–C) groups is 2. The molecular weight excluding hydrogens is 1090 g/mol. The number of methoxy groups -OCH3 is 1. The van der Waals surface area contributed by atoms with Crippen molar-refractivity contribution in [2.24, 2.45) is 9.98 Å². The number of aromatic nitrogens is 5. The van der Waals surface area contributed by atoms with E-state index in [4.69, 9.17) is 24.9 Å². The average molecular weight is 1160 g/mol. The Labute approximate surface area is 486 Å². The van der Waals surface area contributed by atoms with Crippen LogP contribution in [-0.2, 0) is 11.3 Å². The van der Waals surface area contributed by atoms with E-state index in [2.05, 4.69) is 76.5 Å². The number of piperazine rings is 2. The third kappa shape index (κ3) is 14.5. The predicted octanol–water partition coefficient (Wildman–Crippen LogP) is 6.37. The van der Waals surface area contributed by atoms with Crippen LogP contribution in [0.25, 0.3) is 17.1 Å². The number of anilines is 1. The predicted molar refractivity (Wildman–Crippen MR) is 319 cm³/mol. The zero-order valence-corrected chi connectivity index (χ0v) is 49.2. The van der Waals surface area contributed by atoms with Gasteiger partial charge in [0.05, 0.1) is 31.4 Å². The van der Waals surface area contributed by atoms with Crippen molar-refractivity contribution in [3.05, 3.63) is 89.0 Å². The first-order valence-corrected chi connectivity index (χ1v) is 30.3. The maximum atomic E-state index is 13.1. The van der Waals surface area contributed by atoms with Crippen molar-refractivity contribution < 1.29 is 38.8 Å². The van der Waals surface area contributed by atoms with Gasteiger partial charge in [-0.05, 0) is 94.0 Å². The third-order valence-corrected chi connectivity index (χ3v) is 18.0. The highest BCUT2D eigenvalue weighted by atomic mass is 33.1. The summed E-state index contributed by atoms with van der Waals surface area (Å²) in [5, 5.41) is 35.7. The first kappa shape index (κ1) is 59.4. The number of carbonyl (C=O) groups excluding carboxylic acids is 3. The number of hydrogen-bond donors (Lipinski definition) is 5. The van der Waals surface area contributed by atoms with Crippen molar-refractivity contribution in [3.8, 4) is 40.1 Å². The quantitative estimate of drug-likeness (QED) is 0.0351. The number of nitrogens with two attached hydrogens (primary N) is 1. The molecule has 0 radical (unpaired) electrons. The summed E-state index contributed by atoms with van der Waals surface area (Å²) in [5.74, 6) is 2.25. The van der Waals surface area contributed by atoms with Gasteiger partial charge in [0.1, 0.15) is 29.6 Å². The summed E-state index contributed by atoms with van der Waals surface area (Å²) in [4.78, 5) is 67.6. The number of phenolic OH excluding ortho intramolecular Hbond substituents is 2. The molecule has 4 aliphatic rings. The van der Waals surface area contributed by atoms with Crippen LogP contribution in [0.4, 0.5) is 16.4 Å². The molecule has 2 aromatic heterocycles. The number of phenols is 2. The van der Waals surface area contributed by atoms with E-state index < -0.39 is 5.91 Å². The van der Waals surface area contributed by atoms with Crippen molar-refractivity contribution >= 4 is 62.9 Å². The van der Waals surface area contributed by atoms with E-state index in [1.807, 2.05) is 60.7 Å². The third-order valence-electron chi connectivity index (χ3n) is 14.7. The molecule has 6 N–H and O–H groups in total. The molecule has 2 saturated heterocycles. The van der Waals surface area contributed by atoms with E-state index in [-0.39, 0.29) is 51.5 Å². The van der Waals surface area contributed by atoms with Crippen molar-refractivity contribution in [2.45, 2.75) is 71.1 Å². The second-order valence-corrected chi connectivity index (χ2v) is 24.5. The van der Waals surface area contributed by atoms with Gasteiger partial charge in [-0.25, -0.2) is 19.8 Å². The number of benzene rings is 3. The van der Waals surface area contributed by atoms with Gasteiger partial charge < -0.3 is 45.3 Å². The van der Waals surface area contributed by atoms with Crippen molar-refractivity contribution in [3.63, 3.8) is 0 Å². The number of nitrogens with one attached hydrogen (secondary N) is 2. The fourth-order valence-electron chi connectivity index (χ4n) is 10.3. The Hall–Kier alpha value is -7.19. The number of guanidine groups is 1. The van der Waals surface area contributed by atoms with Gasteiger partial charge in [-0.15, -0.1) is 10.2 Å². The van der Waals surface area contributed by atoms with Crippen LogP contribution in [0, 0.1) is 0 Å². The van der Waals surface area contributed by atoms with Gasteiger partial charge in [0.25, 0.3) is 11.8 Å². The minimum atomic E-state index is -0.427. The van der Waals surface area contributed by atoms with Gasteiger partial charge >= 0.3 is 6.09 Å². The summed E-state index contributed by atoms with van der Waals surface area (Å²) in [6, 6.07) is 14.8. The fraction of sp³-hybridized carbons (Fsp3) is 0.491. The molecule has 3 aromatic carbocycles. The summed E-state index contributed by atoms with van der Waals surface area (Å²) >= 11 is 0. The van der Waals surface area contributed by atoms with Crippen LogP contribution in [0.2, 0.25) is 0 Å². The lowest BCUT2D eigenvalue weighted by Gasteiger charge is -2.35. The van der Waals surface area contributed by atoms with Crippen molar-refractivity contribution in [1.82, 2.24) is 59.9 Å². The average Bonchev–Trinajstić information content (AvgIpc) is 4.31. The van der Waals surface area contributed by atoms with Gasteiger partial charge in [0, 0.05) is 119 Å². The van der Waals surface area contributed by atoms with Crippen LogP contribution in [0.5, 0.6) is 23.0 Å². The number of carbonyl (C=O) groups is 3. The fourth-order valence-corrected chi connectivity index (χ4v) is 12.7. The van der Waals surface area contributed by atoms with Crippen LogP contribution in [0.1, 0.15) is 97.5 Å². The van der Waals surface area contributed by atoms with Crippen molar-refractivity contribution in [2.75, 3.05) is 117 Å². The summed E-state index contributed by atoms with van der Waals surface area (Å²) in [5.41, 5.74) is 10.0. The molecule has 0 aliphatic carbocycles. The molecule has 25 heteroatoms. The number of rotatable bonds is 23. The molecule has 0 bridgehead atoms.